The zero-order chi connectivity index (χ0) is 19.2. The van der Waals surface area contributed by atoms with Crippen LogP contribution < -0.4 is 16.0 Å². The lowest BCUT2D eigenvalue weighted by Crippen LogP contribution is -2.51. The van der Waals surface area contributed by atoms with Gasteiger partial charge in [-0.05, 0) is 42.0 Å². The lowest BCUT2D eigenvalue weighted by atomic mass is 10.1. The SMILES string of the molecule is CNC(=O)c1cccc(CN=C(N)N2CCN(c3ccc(Cl)cc3)CC2)c1.I. The van der Waals surface area contributed by atoms with E-state index >= 15 is 0 Å². The average molecular weight is 514 g/mol. The molecule has 1 saturated heterocycles. The van der Waals surface area contributed by atoms with Crippen LogP contribution in [-0.2, 0) is 6.54 Å². The Morgan fingerprint density at radius 2 is 1.82 bits per heavy atom. The van der Waals surface area contributed by atoms with Gasteiger partial charge in [-0.15, -0.1) is 24.0 Å². The molecule has 0 bridgehead atoms. The number of benzene rings is 2. The summed E-state index contributed by atoms with van der Waals surface area (Å²) >= 11 is 5.95. The summed E-state index contributed by atoms with van der Waals surface area (Å²) in [6, 6.07) is 15.3. The monoisotopic (exact) mass is 513 g/mol. The zero-order valence-electron chi connectivity index (χ0n) is 15.8. The average Bonchev–Trinajstić information content (AvgIpc) is 2.72. The zero-order valence-corrected chi connectivity index (χ0v) is 18.9. The van der Waals surface area contributed by atoms with Crippen molar-refractivity contribution in [2.24, 2.45) is 10.7 Å². The largest absolute Gasteiger partial charge is 0.370 e. The highest BCUT2D eigenvalue weighted by Crippen LogP contribution is 2.19. The lowest BCUT2D eigenvalue weighted by Gasteiger charge is -2.36. The maximum absolute atomic E-state index is 11.7. The van der Waals surface area contributed by atoms with E-state index in [9.17, 15) is 4.79 Å². The molecule has 0 atom stereocenters. The van der Waals surface area contributed by atoms with E-state index in [1.54, 1.807) is 13.1 Å². The molecule has 2 aromatic carbocycles. The maximum Gasteiger partial charge on any atom is 0.251 e. The molecule has 1 amide bonds. The molecule has 6 nitrogen and oxygen atoms in total. The van der Waals surface area contributed by atoms with Crippen LogP contribution in [0.4, 0.5) is 5.69 Å². The van der Waals surface area contributed by atoms with E-state index < -0.39 is 0 Å². The second kappa shape index (κ2) is 10.5. The normalized spacial score (nSPS) is 14.4. The van der Waals surface area contributed by atoms with Crippen molar-refractivity contribution in [3.8, 4) is 0 Å². The second-order valence-electron chi connectivity index (χ2n) is 6.40. The summed E-state index contributed by atoms with van der Waals surface area (Å²) in [7, 11) is 1.62. The third kappa shape index (κ3) is 5.75. The topological polar surface area (TPSA) is 74.0 Å². The van der Waals surface area contributed by atoms with Crippen LogP contribution in [0, 0.1) is 0 Å². The van der Waals surface area contributed by atoms with E-state index in [0.29, 0.717) is 18.1 Å². The Bertz CT molecular complexity index is 820. The van der Waals surface area contributed by atoms with E-state index in [1.165, 1.54) is 5.69 Å². The molecule has 1 aliphatic heterocycles. The number of anilines is 1. The quantitative estimate of drug-likeness (QED) is 0.375. The van der Waals surface area contributed by atoms with Crippen molar-refractivity contribution in [2.45, 2.75) is 6.54 Å². The van der Waals surface area contributed by atoms with Crippen molar-refractivity contribution in [1.29, 1.82) is 0 Å². The number of halogens is 2. The predicted octanol–water partition coefficient (Wildman–Crippen LogP) is 2.95. The summed E-state index contributed by atoms with van der Waals surface area (Å²) in [4.78, 5) is 20.6. The van der Waals surface area contributed by atoms with Gasteiger partial charge in [0, 0.05) is 49.5 Å². The van der Waals surface area contributed by atoms with Crippen molar-refractivity contribution in [2.75, 3.05) is 38.1 Å². The van der Waals surface area contributed by atoms with Gasteiger partial charge in [0.1, 0.15) is 0 Å². The highest BCUT2D eigenvalue weighted by atomic mass is 127. The van der Waals surface area contributed by atoms with Gasteiger partial charge < -0.3 is 20.9 Å². The molecule has 3 N–H and O–H groups in total. The summed E-state index contributed by atoms with van der Waals surface area (Å²) in [5.41, 5.74) is 8.93. The molecular weight excluding hydrogens is 489 g/mol. The van der Waals surface area contributed by atoms with Crippen LogP contribution in [0.5, 0.6) is 0 Å². The molecule has 0 radical (unpaired) electrons. The summed E-state index contributed by atoms with van der Waals surface area (Å²) in [6.07, 6.45) is 0. The minimum atomic E-state index is -0.105. The van der Waals surface area contributed by atoms with Gasteiger partial charge in [-0.3, -0.25) is 4.79 Å². The smallest absolute Gasteiger partial charge is 0.251 e. The molecule has 0 aliphatic carbocycles. The fraction of sp³-hybridized carbons (Fsp3) is 0.300. The van der Waals surface area contributed by atoms with Crippen LogP contribution in [0.15, 0.2) is 53.5 Å². The van der Waals surface area contributed by atoms with Gasteiger partial charge >= 0.3 is 0 Å². The number of rotatable bonds is 4. The van der Waals surface area contributed by atoms with Gasteiger partial charge in [-0.1, -0.05) is 23.7 Å². The molecule has 28 heavy (non-hydrogen) atoms. The van der Waals surface area contributed by atoms with E-state index in [4.69, 9.17) is 17.3 Å². The number of carbonyl (C=O) groups excluding carboxylic acids is 1. The van der Waals surface area contributed by atoms with Crippen LogP contribution in [0.2, 0.25) is 5.02 Å². The number of nitrogens with one attached hydrogen (secondary N) is 1. The molecule has 3 rings (SSSR count). The lowest BCUT2D eigenvalue weighted by molar-refractivity contribution is 0.0963. The highest BCUT2D eigenvalue weighted by Gasteiger charge is 2.18. The number of piperazine rings is 1. The van der Waals surface area contributed by atoms with E-state index in [2.05, 4.69) is 20.1 Å². The van der Waals surface area contributed by atoms with Gasteiger partial charge in [-0.2, -0.15) is 0 Å². The molecule has 0 aromatic heterocycles. The number of nitrogens with zero attached hydrogens (tertiary/aromatic N) is 3. The van der Waals surface area contributed by atoms with Crippen molar-refractivity contribution in [3.05, 3.63) is 64.7 Å². The summed E-state index contributed by atoms with van der Waals surface area (Å²) in [5, 5.41) is 3.37. The summed E-state index contributed by atoms with van der Waals surface area (Å²) in [6.45, 7) is 3.84. The Labute approximate surface area is 187 Å². The van der Waals surface area contributed by atoms with Crippen molar-refractivity contribution >= 4 is 53.1 Å². The number of amides is 1. The number of guanidine groups is 1. The van der Waals surface area contributed by atoms with Crippen LogP contribution >= 0.6 is 35.6 Å². The van der Waals surface area contributed by atoms with E-state index in [-0.39, 0.29) is 29.9 Å². The molecule has 0 saturated carbocycles. The second-order valence-corrected chi connectivity index (χ2v) is 6.84. The van der Waals surface area contributed by atoms with Crippen molar-refractivity contribution < 1.29 is 4.79 Å². The first-order chi connectivity index (χ1) is 13.1. The number of hydrogen-bond acceptors (Lipinski definition) is 3. The number of hydrogen-bond donors (Lipinski definition) is 2. The van der Waals surface area contributed by atoms with Gasteiger partial charge in [0.15, 0.2) is 5.96 Å². The van der Waals surface area contributed by atoms with Gasteiger partial charge in [-0.25, -0.2) is 4.99 Å². The van der Waals surface area contributed by atoms with Crippen molar-refractivity contribution in [1.82, 2.24) is 10.2 Å². The van der Waals surface area contributed by atoms with Crippen LogP contribution in [0.1, 0.15) is 15.9 Å². The Balaban J connectivity index is 0.00000280. The molecule has 1 fully saturated rings. The van der Waals surface area contributed by atoms with Crippen LogP contribution in [0.25, 0.3) is 0 Å². The third-order valence-electron chi connectivity index (χ3n) is 4.64. The first-order valence-corrected chi connectivity index (χ1v) is 9.31. The minimum absolute atomic E-state index is 0. The predicted molar refractivity (Wildman–Crippen MR) is 126 cm³/mol. The minimum Gasteiger partial charge on any atom is -0.370 e. The Kier molecular flexibility index (Phi) is 8.37. The van der Waals surface area contributed by atoms with E-state index in [1.807, 2.05) is 42.5 Å². The number of aliphatic imine (C=N–C) groups is 1. The Morgan fingerprint density at radius 1 is 1.14 bits per heavy atom. The third-order valence-corrected chi connectivity index (χ3v) is 4.89. The first-order valence-electron chi connectivity index (χ1n) is 8.93. The summed E-state index contributed by atoms with van der Waals surface area (Å²) in [5.74, 6) is 0.434. The van der Waals surface area contributed by atoms with Crippen LogP contribution in [0.3, 0.4) is 0 Å². The fourth-order valence-electron chi connectivity index (χ4n) is 3.07. The maximum atomic E-state index is 11.7. The van der Waals surface area contributed by atoms with Gasteiger partial charge in [0.25, 0.3) is 5.91 Å². The Hall–Kier alpha value is -2.00. The molecule has 1 aliphatic rings. The first kappa shape index (κ1) is 22.3. The Morgan fingerprint density at radius 3 is 2.46 bits per heavy atom. The molecular formula is C20H25ClIN5O. The standard InChI is InChI=1S/C20H24ClN5O.HI/c1-23-19(27)16-4-2-3-15(13-16)14-24-20(22)26-11-9-25(10-12-26)18-7-5-17(21)6-8-18;/h2-8,13H,9-12,14H2,1H3,(H2,22,24)(H,23,27);1H. The van der Waals surface area contributed by atoms with Gasteiger partial charge in [0.05, 0.1) is 6.54 Å². The molecule has 1 heterocycles. The van der Waals surface area contributed by atoms with E-state index in [0.717, 1.165) is 36.8 Å². The summed E-state index contributed by atoms with van der Waals surface area (Å²) < 4.78 is 0. The van der Waals surface area contributed by atoms with Crippen LogP contribution in [-0.4, -0.2) is 50.0 Å². The molecule has 8 heteroatoms. The molecule has 150 valence electrons. The fourth-order valence-corrected chi connectivity index (χ4v) is 3.20. The molecule has 2 aromatic rings. The molecule has 0 spiro atoms. The van der Waals surface area contributed by atoms with Gasteiger partial charge in [0.2, 0.25) is 0 Å². The number of nitrogens with two attached hydrogens (primary N) is 1. The number of carbonyl (C=O) groups is 1. The highest BCUT2D eigenvalue weighted by molar-refractivity contribution is 14.0. The molecule has 0 unspecified atom stereocenters. The van der Waals surface area contributed by atoms with Crippen molar-refractivity contribution in [3.63, 3.8) is 0 Å².